The van der Waals surface area contributed by atoms with E-state index in [-0.39, 0.29) is 35.5 Å². The zero-order valence-corrected chi connectivity index (χ0v) is 22.1. The molecule has 8 heteroatoms. The third-order valence-corrected chi connectivity index (χ3v) is 5.83. The van der Waals surface area contributed by atoms with Crippen LogP contribution in [-0.2, 0) is 9.53 Å². The Morgan fingerprint density at radius 2 is 1.93 bits per heavy atom. The Hall–Kier alpha value is -1.03. The second-order valence-corrected chi connectivity index (χ2v) is 9.53. The van der Waals surface area contributed by atoms with Crippen molar-refractivity contribution in [3.8, 4) is 0 Å². The predicted octanol–water partition coefficient (Wildman–Crippen LogP) is 4.79. The van der Waals surface area contributed by atoms with E-state index < -0.39 is 0 Å². The quantitative estimate of drug-likeness (QED) is 0.152. The smallest absolute Gasteiger partial charge is 0.306 e. The van der Waals surface area contributed by atoms with Crippen LogP contribution in [0.25, 0.3) is 0 Å². The van der Waals surface area contributed by atoms with Gasteiger partial charge in [0.25, 0.3) is 0 Å². The number of esters is 1. The summed E-state index contributed by atoms with van der Waals surface area (Å²) < 4.78 is 5.33. The number of aliphatic imine (C=N–C) groups is 1. The van der Waals surface area contributed by atoms with Crippen molar-refractivity contribution in [1.82, 2.24) is 10.6 Å². The molecule has 30 heavy (non-hydrogen) atoms. The summed E-state index contributed by atoms with van der Waals surface area (Å²) in [5.41, 5.74) is -0.384. The molecule has 1 aromatic heterocycles. The minimum atomic E-state index is -0.384. The molecule has 1 aromatic rings. The Kier molecular flexibility index (Phi) is 12.7. The topological polar surface area (TPSA) is 66.0 Å². The first-order valence-corrected chi connectivity index (χ1v) is 11.7. The SMILES string of the molecule is CN=C(NCCCCCCC(=O)OC(C)(C)C)NC1CCN(c2cccs2)CC1.I. The van der Waals surface area contributed by atoms with Gasteiger partial charge in [-0.2, -0.15) is 0 Å². The Labute approximate surface area is 203 Å². The monoisotopic (exact) mass is 550 g/mol. The van der Waals surface area contributed by atoms with Crippen molar-refractivity contribution in [2.75, 3.05) is 31.6 Å². The van der Waals surface area contributed by atoms with E-state index in [0.29, 0.717) is 12.5 Å². The number of nitrogens with one attached hydrogen (secondary N) is 2. The van der Waals surface area contributed by atoms with Gasteiger partial charge >= 0.3 is 5.97 Å². The van der Waals surface area contributed by atoms with Gasteiger partial charge in [0, 0.05) is 39.1 Å². The number of carbonyl (C=O) groups excluding carboxylic acids is 1. The third kappa shape index (κ3) is 10.8. The van der Waals surface area contributed by atoms with Crippen molar-refractivity contribution >= 4 is 52.2 Å². The summed E-state index contributed by atoms with van der Waals surface area (Å²) in [6, 6.07) is 4.80. The van der Waals surface area contributed by atoms with E-state index in [2.05, 4.69) is 38.0 Å². The number of carbonyl (C=O) groups is 1. The molecule has 0 aliphatic carbocycles. The van der Waals surface area contributed by atoms with Crippen molar-refractivity contribution < 1.29 is 9.53 Å². The maximum atomic E-state index is 11.7. The molecule has 1 saturated heterocycles. The average Bonchev–Trinajstić information content (AvgIpc) is 3.20. The van der Waals surface area contributed by atoms with Gasteiger partial charge in [-0.15, -0.1) is 35.3 Å². The molecule has 2 rings (SSSR count). The Morgan fingerprint density at radius 3 is 2.53 bits per heavy atom. The average molecular weight is 551 g/mol. The van der Waals surface area contributed by atoms with Gasteiger partial charge in [0.1, 0.15) is 5.60 Å². The van der Waals surface area contributed by atoms with Crippen LogP contribution in [0.1, 0.15) is 65.7 Å². The number of nitrogens with zero attached hydrogens (tertiary/aromatic N) is 2. The second-order valence-electron chi connectivity index (χ2n) is 8.61. The van der Waals surface area contributed by atoms with Gasteiger partial charge in [-0.1, -0.05) is 12.8 Å². The number of hydrogen-bond acceptors (Lipinski definition) is 5. The van der Waals surface area contributed by atoms with Crippen LogP contribution in [0.2, 0.25) is 0 Å². The lowest BCUT2D eigenvalue weighted by Gasteiger charge is -2.33. The van der Waals surface area contributed by atoms with E-state index in [9.17, 15) is 4.79 Å². The molecule has 0 radical (unpaired) electrons. The summed E-state index contributed by atoms with van der Waals surface area (Å²) in [4.78, 5) is 18.5. The van der Waals surface area contributed by atoms with Crippen LogP contribution in [0.5, 0.6) is 0 Å². The van der Waals surface area contributed by atoms with Crippen LogP contribution in [0, 0.1) is 0 Å². The number of halogens is 1. The normalized spacial score (nSPS) is 15.5. The minimum Gasteiger partial charge on any atom is -0.460 e. The van der Waals surface area contributed by atoms with Crippen molar-refractivity contribution in [2.24, 2.45) is 4.99 Å². The van der Waals surface area contributed by atoms with Crippen LogP contribution in [0.15, 0.2) is 22.5 Å². The van der Waals surface area contributed by atoms with Crippen molar-refractivity contribution in [3.63, 3.8) is 0 Å². The zero-order valence-electron chi connectivity index (χ0n) is 18.9. The molecule has 1 fully saturated rings. The molecule has 2 N–H and O–H groups in total. The number of hydrogen-bond donors (Lipinski definition) is 2. The number of anilines is 1. The van der Waals surface area contributed by atoms with E-state index in [1.165, 1.54) is 5.00 Å². The van der Waals surface area contributed by atoms with Gasteiger partial charge < -0.3 is 20.3 Å². The van der Waals surface area contributed by atoms with Crippen molar-refractivity contribution in [3.05, 3.63) is 17.5 Å². The minimum absolute atomic E-state index is 0. The van der Waals surface area contributed by atoms with E-state index in [1.807, 2.05) is 39.2 Å². The molecule has 0 atom stereocenters. The van der Waals surface area contributed by atoms with Crippen LogP contribution in [0.4, 0.5) is 5.00 Å². The first-order chi connectivity index (χ1) is 13.9. The van der Waals surface area contributed by atoms with Gasteiger partial charge in [0.15, 0.2) is 5.96 Å². The standard InChI is InChI=1S/C22H38N4O2S.HI/c1-22(2,3)28-20(27)11-7-5-6-8-14-24-21(23-4)25-18-12-15-26(16-13-18)19-10-9-17-29-19;/h9-10,17-18H,5-8,11-16H2,1-4H3,(H2,23,24,25);1H. The molecule has 0 spiro atoms. The third-order valence-electron chi connectivity index (χ3n) is 4.90. The number of unbranched alkanes of at least 4 members (excludes halogenated alkanes) is 3. The summed E-state index contributed by atoms with van der Waals surface area (Å²) in [6.45, 7) is 8.81. The molecule has 172 valence electrons. The molecule has 1 aliphatic rings. The molecular weight excluding hydrogens is 511 g/mol. The largest absolute Gasteiger partial charge is 0.460 e. The van der Waals surface area contributed by atoms with Crippen LogP contribution < -0.4 is 15.5 Å². The molecule has 0 amide bonds. The summed E-state index contributed by atoms with van der Waals surface area (Å²) >= 11 is 1.82. The first-order valence-electron chi connectivity index (χ1n) is 10.8. The number of rotatable bonds is 9. The highest BCUT2D eigenvalue weighted by Gasteiger charge is 2.20. The van der Waals surface area contributed by atoms with E-state index >= 15 is 0 Å². The van der Waals surface area contributed by atoms with Gasteiger partial charge in [-0.3, -0.25) is 9.79 Å². The second kappa shape index (κ2) is 14.1. The number of piperidine rings is 1. The van der Waals surface area contributed by atoms with Crippen molar-refractivity contribution in [1.29, 1.82) is 0 Å². The molecule has 6 nitrogen and oxygen atoms in total. The van der Waals surface area contributed by atoms with Crippen LogP contribution in [0.3, 0.4) is 0 Å². The van der Waals surface area contributed by atoms with E-state index in [1.54, 1.807) is 0 Å². The molecule has 1 aliphatic heterocycles. The Balaban J connectivity index is 0.00000450. The first kappa shape index (κ1) is 27.0. The van der Waals surface area contributed by atoms with Crippen LogP contribution in [-0.4, -0.2) is 50.3 Å². The summed E-state index contributed by atoms with van der Waals surface area (Å²) in [5.74, 6) is 0.804. The maximum Gasteiger partial charge on any atom is 0.306 e. The maximum absolute atomic E-state index is 11.7. The zero-order chi connectivity index (χ0) is 21.1. The summed E-state index contributed by atoms with van der Waals surface area (Å²) in [5, 5.41) is 10.5. The molecule has 0 saturated carbocycles. The molecule has 0 aromatic carbocycles. The van der Waals surface area contributed by atoms with Gasteiger partial charge in [-0.05, 0) is 64.0 Å². The highest BCUT2D eigenvalue weighted by molar-refractivity contribution is 14.0. The Bertz CT molecular complexity index is 624. The van der Waals surface area contributed by atoms with Gasteiger partial charge in [-0.25, -0.2) is 0 Å². The molecule has 2 heterocycles. The number of ether oxygens (including phenoxy) is 1. The lowest BCUT2D eigenvalue weighted by Crippen LogP contribution is -2.48. The summed E-state index contributed by atoms with van der Waals surface area (Å²) in [7, 11) is 1.83. The highest BCUT2D eigenvalue weighted by Crippen LogP contribution is 2.24. The fourth-order valence-corrected chi connectivity index (χ4v) is 4.21. The number of guanidine groups is 1. The lowest BCUT2D eigenvalue weighted by atomic mass is 10.1. The highest BCUT2D eigenvalue weighted by atomic mass is 127. The molecule has 0 unspecified atom stereocenters. The molecule has 0 bridgehead atoms. The number of thiophene rings is 1. The fourth-order valence-electron chi connectivity index (χ4n) is 3.43. The van der Waals surface area contributed by atoms with Gasteiger partial charge in [0.2, 0.25) is 0 Å². The predicted molar refractivity (Wildman–Crippen MR) is 138 cm³/mol. The van der Waals surface area contributed by atoms with Gasteiger partial charge in [0.05, 0.1) is 5.00 Å². The van der Waals surface area contributed by atoms with E-state index in [0.717, 1.165) is 64.1 Å². The van der Waals surface area contributed by atoms with E-state index in [4.69, 9.17) is 4.74 Å². The Morgan fingerprint density at radius 1 is 1.23 bits per heavy atom. The molecular formula is C22H39IN4O2S. The fraction of sp³-hybridized carbons (Fsp3) is 0.727. The lowest BCUT2D eigenvalue weighted by molar-refractivity contribution is -0.154. The van der Waals surface area contributed by atoms with Crippen LogP contribution >= 0.6 is 35.3 Å². The summed E-state index contributed by atoms with van der Waals surface area (Å²) in [6.07, 6.45) is 6.89. The van der Waals surface area contributed by atoms with Crippen molar-refractivity contribution in [2.45, 2.75) is 77.4 Å².